The Labute approximate surface area is 109 Å². The number of nitrogens with zero attached hydrogens (tertiary/aromatic N) is 1. The van der Waals surface area contributed by atoms with E-state index < -0.39 is 17.6 Å². The molecule has 0 saturated carbocycles. The Morgan fingerprint density at radius 3 is 2.68 bits per heavy atom. The van der Waals surface area contributed by atoms with Gasteiger partial charge in [0.05, 0.1) is 11.3 Å². The number of anilines is 1. The molecule has 1 heterocycles. The van der Waals surface area contributed by atoms with Crippen molar-refractivity contribution in [3.05, 3.63) is 29.6 Å². The monoisotopic (exact) mass is 276 g/mol. The molecule has 1 unspecified atom stereocenters. The SMILES string of the molecule is CCC1CNCCN1c1ccc(C(F)(F)F)cc1F. The number of halogens is 4. The summed E-state index contributed by atoms with van der Waals surface area (Å²) in [5.41, 5.74) is -0.696. The molecule has 1 saturated heterocycles. The van der Waals surface area contributed by atoms with Crippen LogP contribution in [-0.2, 0) is 6.18 Å². The normalized spacial score (nSPS) is 20.7. The molecule has 0 bridgehead atoms. The fourth-order valence-electron chi connectivity index (χ4n) is 2.36. The van der Waals surface area contributed by atoms with Crippen LogP contribution in [0.15, 0.2) is 18.2 Å². The Morgan fingerprint density at radius 2 is 2.11 bits per heavy atom. The quantitative estimate of drug-likeness (QED) is 0.835. The summed E-state index contributed by atoms with van der Waals surface area (Å²) >= 11 is 0. The van der Waals surface area contributed by atoms with Crippen molar-refractivity contribution in [2.75, 3.05) is 24.5 Å². The number of piperazine rings is 1. The molecule has 2 rings (SSSR count). The molecule has 1 aromatic carbocycles. The zero-order chi connectivity index (χ0) is 14.0. The minimum absolute atomic E-state index is 0.111. The highest BCUT2D eigenvalue weighted by Gasteiger charge is 2.32. The average molecular weight is 276 g/mol. The van der Waals surface area contributed by atoms with Crippen molar-refractivity contribution in [2.24, 2.45) is 0 Å². The van der Waals surface area contributed by atoms with E-state index in [4.69, 9.17) is 0 Å². The molecule has 2 nitrogen and oxygen atoms in total. The number of alkyl halides is 3. The van der Waals surface area contributed by atoms with Crippen molar-refractivity contribution in [2.45, 2.75) is 25.6 Å². The van der Waals surface area contributed by atoms with E-state index in [0.717, 1.165) is 19.0 Å². The van der Waals surface area contributed by atoms with Gasteiger partial charge in [0.15, 0.2) is 0 Å². The Hall–Kier alpha value is -1.30. The van der Waals surface area contributed by atoms with Gasteiger partial charge in [0.25, 0.3) is 0 Å². The van der Waals surface area contributed by atoms with Crippen LogP contribution in [0.1, 0.15) is 18.9 Å². The summed E-state index contributed by atoms with van der Waals surface area (Å²) in [6.07, 6.45) is -3.69. The molecule has 6 heteroatoms. The summed E-state index contributed by atoms with van der Waals surface area (Å²) in [4.78, 5) is 1.84. The Kier molecular flexibility index (Phi) is 3.99. The predicted molar refractivity (Wildman–Crippen MR) is 65.7 cm³/mol. The minimum atomic E-state index is -4.51. The number of hydrogen-bond donors (Lipinski definition) is 1. The van der Waals surface area contributed by atoms with Gasteiger partial charge in [-0.2, -0.15) is 13.2 Å². The first-order valence-electron chi connectivity index (χ1n) is 6.27. The molecule has 1 aromatic rings. The van der Waals surface area contributed by atoms with Crippen LogP contribution < -0.4 is 10.2 Å². The van der Waals surface area contributed by atoms with Gasteiger partial charge in [-0.05, 0) is 24.6 Å². The molecule has 1 aliphatic rings. The van der Waals surface area contributed by atoms with Gasteiger partial charge >= 0.3 is 6.18 Å². The van der Waals surface area contributed by atoms with Gasteiger partial charge in [-0.1, -0.05) is 6.92 Å². The highest BCUT2D eigenvalue weighted by Crippen LogP contribution is 2.33. The van der Waals surface area contributed by atoms with Gasteiger partial charge in [-0.25, -0.2) is 4.39 Å². The Morgan fingerprint density at radius 1 is 1.37 bits per heavy atom. The summed E-state index contributed by atoms with van der Waals surface area (Å²) in [7, 11) is 0. The summed E-state index contributed by atoms with van der Waals surface area (Å²) in [5, 5.41) is 3.20. The first-order valence-corrected chi connectivity index (χ1v) is 6.27. The number of hydrogen-bond acceptors (Lipinski definition) is 2. The minimum Gasteiger partial charge on any atom is -0.364 e. The molecule has 0 spiro atoms. The fraction of sp³-hybridized carbons (Fsp3) is 0.538. The molecule has 1 N–H and O–H groups in total. The smallest absolute Gasteiger partial charge is 0.364 e. The third-order valence-corrected chi connectivity index (χ3v) is 3.41. The van der Waals surface area contributed by atoms with Gasteiger partial charge in [0, 0.05) is 25.7 Å². The molecule has 0 radical (unpaired) electrons. The van der Waals surface area contributed by atoms with Crippen molar-refractivity contribution in [1.82, 2.24) is 5.32 Å². The van der Waals surface area contributed by atoms with Crippen molar-refractivity contribution in [3.63, 3.8) is 0 Å². The maximum absolute atomic E-state index is 13.9. The van der Waals surface area contributed by atoms with Crippen molar-refractivity contribution < 1.29 is 17.6 Å². The van der Waals surface area contributed by atoms with Crippen LogP contribution in [0, 0.1) is 5.82 Å². The molecule has 1 fully saturated rings. The lowest BCUT2D eigenvalue weighted by molar-refractivity contribution is -0.137. The van der Waals surface area contributed by atoms with Crippen LogP contribution in [0.5, 0.6) is 0 Å². The first-order chi connectivity index (χ1) is 8.93. The third kappa shape index (κ3) is 3.00. The van der Waals surface area contributed by atoms with Crippen LogP contribution in [0.3, 0.4) is 0 Å². The Balaban J connectivity index is 2.30. The molecule has 0 aliphatic carbocycles. The molecule has 0 amide bonds. The molecular formula is C13H16F4N2. The van der Waals surface area contributed by atoms with Crippen LogP contribution in [0.2, 0.25) is 0 Å². The second-order valence-corrected chi connectivity index (χ2v) is 4.62. The van der Waals surface area contributed by atoms with Crippen molar-refractivity contribution in [1.29, 1.82) is 0 Å². The summed E-state index contributed by atoms with van der Waals surface area (Å²) in [5.74, 6) is -0.810. The second-order valence-electron chi connectivity index (χ2n) is 4.62. The molecule has 1 aliphatic heterocycles. The highest BCUT2D eigenvalue weighted by molar-refractivity contribution is 5.51. The lowest BCUT2D eigenvalue weighted by Gasteiger charge is -2.37. The molecular weight excluding hydrogens is 260 g/mol. The van der Waals surface area contributed by atoms with Crippen LogP contribution >= 0.6 is 0 Å². The summed E-state index contributed by atoms with van der Waals surface area (Å²) in [6.45, 7) is 4.00. The van der Waals surface area contributed by atoms with E-state index in [9.17, 15) is 17.6 Å². The number of rotatable bonds is 2. The number of nitrogens with one attached hydrogen (secondary N) is 1. The Bertz CT molecular complexity index is 445. The molecule has 19 heavy (non-hydrogen) atoms. The van der Waals surface area contributed by atoms with E-state index in [1.165, 1.54) is 6.07 Å². The number of benzene rings is 1. The second kappa shape index (κ2) is 5.36. The summed E-state index contributed by atoms with van der Waals surface area (Å²) in [6, 6.07) is 2.85. The zero-order valence-corrected chi connectivity index (χ0v) is 10.6. The van der Waals surface area contributed by atoms with Crippen LogP contribution in [0.25, 0.3) is 0 Å². The van der Waals surface area contributed by atoms with E-state index in [-0.39, 0.29) is 11.7 Å². The van der Waals surface area contributed by atoms with Gasteiger partial charge in [0.1, 0.15) is 5.82 Å². The fourth-order valence-corrected chi connectivity index (χ4v) is 2.36. The standard InChI is InChI=1S/C13H16F4N2/c1-2-10-8-18-5-6-19(10)12-4-3-9(7-11(12)14)13(15,16)17/h3-4,7,10,18H,2,5-6,8H2,1H3. The lowest BCUT2D eigenvalue weighted by atomic mass is 10.1. The molecule has 1 atom stereocenters. The third-order valence-electron chi connectivity index (χ3n) is 3.41. The van der Waals surface area contributed by atoms with E-state index in [1.54, 1.807) is 0 Å². The largest absolute Gasteiger partial charge is 0.416 e. The summed E-state index contributed by atoms with van der Waals surface area (Å²) < 4.78 is 51.4. The van der Waals surface area contributed by atoms with Gasteiger partial charge < -0.3 is 10.2 Å². The molecule has 106 valence electrons. The van der Waals surface area contributed by atoms with Gasteiger partial charge in [-0.3, -0.25) is 0 Å². The van der Waals surface area contributed by atoms with Crippen LogP contribution in [-0.4, -0.2) is 25.7 Å². The van der Waals surface area contributed by atoms with Crippen molar-refractivity contribution in [3.8, 4) is 0 Å². The van der Waals surface area contributed by atoms with Crippen molar-refractivity contribution >= 4 is 5.69 Å². The first kappa shape index (κ1) is 14.1. The zero-order valence-electron chi connectivity index (χ0n) is 10.6. The van der Waals surface area contributed by atoms with E-state index >= 15 is 0 Å². The lowest BCUT2D eigenvalue weighted by Crippen LogP contribution is -2.51. The van der Waals surface area contributed by atoms with E-state index in [1.807, 2.05) is 11.8 Å². The maximum atomic E-state index is 13.9. The van der Waals surface area contributed by atoms with Gasteiger partial charge in [-0.15, -0.1) is 0 Å². The maximum Gasteiger partial charge on any atom is 0.416 e. The topological polar surface area (TPSA) is 15.3 Å². The van der Waals surface area contributed by atoms with E-state index in [2.05, 4.69) is 5.32 Å². The average Bonchev–Trinajstić information content (AvgIpc) is 2.37. The van der Waals surface area contributed by atoms with Gasteiger partial charge in [0.2, 0.25) is 0 Å². The predicted octanol–water partition coefficient (Wildman–Crippen LogP) is 3.03. The van der Waals surface area contributed by atoms with E-state index in [0.29, 0.717) is 19.2 Å². The van der Waals surface area contributed by atoms with Crippen LogP contribution in [0.4, 0.5) is 23.2 Å². The highest BCUT2D eigenvalue weighted by atomic mass is 19.4. The molecule has 0 aromatic heterocycles.